The van der Waals surface area contributed by atoms with Gasteiger partial charge in [-0.25, -0.2) is 4.39 Å². The molecule has 1 amide bonds. The molecule has 0 bridgehead atoms. The van der Waals surface area contributed by atoms with Crippen molar-refractivity contribution in [3.05, 3.63) is 29.6 Å². The van der Waals surface area contributed by atoms with Gasteiger partial charge >= 0.3 is 0 Å². The van der Waals surface area contributed by atoms with Crippen LogP contribution in [0.25, 0.3) is 0 Å². The van der Waals surface area contributed by atoms with Crippen molar-refractivity contribution in [3.63, 3.8) is 0 Å². The van der Waals surface area contributed by atoms with Crippen molar-refractivity contribution >= 4 is 24.2 Å². The molecule has 1 aliphatic heterocycles. The Morgan fingerprint density at radius 2 is 2.27 bits per heavy atom. The first-order chi connectivity index (χ1) is 7.08. The smallest absolute Gasteiger partial charge is 0.228 e. The van der Waals surface area contributed by atoms with E-state index in [0.29, 0.717) is 18.5 Å². The summed E-state index contributed by atoms with van der Waals surface area (Å²) < 4.78 is 13.0. The lowest BCUT2D eigenvalue weighted by atomic mass is 10.2. The number of thiol groups is 1. The summed E-state index contributed by atoms with van der Waals surface area (Å²) in [4.78, 5) is 13.2. The number of halogens is 1. The lowest BCUT2D eigenvalue weighted by Gasteiger charge is -2.16. The van der Waals surface area contributed by atoms with Gasteiger partial charge in [0.1, 0.15) is 5.82 Å². The van der Waals surface area contributed by atoms with Crippen LogP contribution in [0.15, 0.2) is 18.2 Å². The maximum atomic E-state index is 13.0. The predicted octanol–water partition coefficient (Wildman–Crippen LogP) is 2.17. The normalized spacial score (nSPS) is 21.1. The fourth-order valence-electron chi connectivity index (χ4n) is 1.74. The monoisotopic (exact) mass is 225 g/mol. The van der Waals surface area contributed by atoms with Crippen LogP contribution >= 0.6 is 12.6 Å². The molecule has 0 saturated carbocycles. The molecule has 0 aromatic heterocycles. The quantitative estimate of drug-likeness (QED) is 0.726. The van der Waals surface area contributed by atoms with Crippen LogP contribution in [0.5, 0.6) is 0 Å². The number of nitrogens with zero attached hydrogens (tertiary/aromatic N) is 1. The van der Waals surface area contributed by atoms with Gasteiger partial charge in [0, 0.05) is 23.9 Å². The zero-order valence-electron chi connectivity index (χ0n) is 8.40. The minimum atomic E-state index is -0.243. The van der Waals surface area contributed by atoms with Gasteiger partial charge in [0.15, 0.2) is 0 Å². The second-order valence-electron chi connectivity index (χ2n) is 3.80. The number of carbonyl (C=O) groups is 1. The molecule has 4 heteroatoms. The summed E-state index contributed by atoms with van der Waals surface area (Å²) >= 11 is 4.27. The van der Waals surface area contributed by atoms with E-state index in [2.05, 4.69) is 12.6 Å². The van der Waals surface area contributed by atoms with Crippen LogP contribution in [0.3, 0.4) is 0 Å². The first-order valence-corrected chi connectivity index (χ1v) is 5.34. The van der Waals surface area contributed by atoms with Gasteiger partial charge in [-0.2, -0.15) is 12.6 Å². The highest BCUT2D eigenvalue weighted by Crippen LogP contribution is 2.25. The van der Waals surface area contributed by atoms with E-state index >= 15 is 0 Å². The molecule has 0 radical (unpaired) electrons. The summed E-state index contributed by atoms with van der Waals surface area (Å²) in [5, 5.41) is 0.0860. The Kier molecular flexibility index (Phi) is 2.69. The highest BCUT2D eigenvalue weighted by molar-refractivity contribution is 7.81. The van der Waals surface area contributed by atoms with Gasteiger partial charge in [0.2, 0.25) is 5.91 Å². The van der Waals surface area contributed by atoms with Crippen LogP contribution in [-0.2, 0) is 4.79 Å². The van der Waals surface area contributed by atoms with E-state index < -0.39 is 0 Å². The van der Waals surface area contributed by atoms with Crippen molar-refractivity contribution in [2.45, 2.75) is 18.6 Å². The van der Waals surface area contributed by atoms with Crippen LogP contribution in [0, 0.1) is 12.7 Å². The largest absolute Gasteiger partial charge is 0.311 e. The molecule has 0 aliphatic carbocycles. The molecule has 0 N–H and O–H groups in total. The third-order valence-electron chi connectivity index (χ3n) is 2.56. The Hall–Kier alpha value is -1.03. The zero-order chi connectivity index (χ0) is 11.0. The average Bonchev–Trinajstić information content (AvgIpc) is 2.50. The van der Waals surface area contributed by atoms with Crippen molar-refractivity contribution in [3.8, 4) is 0 Å². The van der Waals surface area contributed by atoms with Gasteiger partial charge in [-0.05, 0) is 30.7 Å². The number of aryl methyl sites for hydroxylation is 1. The van der Waals surface area contributed by atoms with Gasteiger partial charge < -0.3 is 4.90 Å². The highest BCUT2D eigenvalue weighted by Gasteiger charge is 2.28. The van der Waals surface area contributed by atoms with E-state index in [1.165, 1.54) is 6.07 Å². The van der Waals surface area contributed by atoms with E-state index in [-0.39, 0.29) is 17.0 Å². The van der Waals surface area contributed by atoms with Gasteiger partial charge in [0.05, 0.1) is 0 Å². The number of carbonyl (C=O) groups excluding carboxylic acids is 1. The molecule has 80 valence electrons. The van der Waals surface area contributed by atoms with E-state index in [1.54, 1.807) is 24.0 Å². The lowest BCUT2D eigenvalue weighted by molar-refractivity contribution is -0.117. The molecule has 1 unspecified atom stereocenters. The minimum Gasteiger partial charge on any atom is -0.311 e. The van der Waals surface area contributed by atoms with Crippen LogP contribution < -0.4 is 4.90 Å². The van der Waals surface area contributed by atoms with Crippen molar-refractivity contribution in [2.24, 2.45) is 0 Å². The zero-order valence-corrected chi connectivity index (χ0v) is 9.30. The molecule has 0 spiro atoms. The fourth-order valence-corrected chi connectivity index (χ4v) is 2.05. The molecule has 1 aliphatic rings. The molecular weight excluding hydrogens is 213 g/mol. The Morgan fingerprint density at radius 1 is 1.53 bits per heavy atom. The summed E-state index contributed by atoms with van der Waals surface area (Å²) in [6.45, 7) is 2.30. The molecule has 1 aromatic rings. The number of anilines is 1. The molecule has 15 heavy (non-hydrogen) atoms. The summed E-state index contributed by atoms with van der Waals surface area (Å²) in [5.74, 6) is -0.186. The van der Waals surface area contributed by atoms with Crippen molar-refractivity contribution in [1.29, 1.82) is 0 Å². The van der Waals surface area contributed by atoms with Crippen LogP contribution in [0.2, 0.25) is 0 Å². The summed E-state index contributed by atoms with van der Waals surface area (Å²) in [6, 6.07) is 4.72. The molecule has 1 heterocycles. The van der Waals surface area contributed by atoms with E-state index in [0.717, 1.165) is 5.69 Å². The summed E-state index contributed by atoms with van der Waals surface area (Å²) in [7, 11) is 0. The topological polar surface area (TPSA) is 20.3 Å². The van der Waals surface area contributed by atoms with Gasteiger partial charge in [0.25, 0.3) is 0 Å². The average molecular weight is 225 g/mol. The summed E-state index contributed by atoms with van der Waals surface area (Å²) in [6.07, 6.45) is 0.458. The number of amides is 1. The van der Waals surface area contributed by atoms with Crippen LogP contribution in [0.4, 0.5) is 10.1 Å². The minimum absolute atomic E-state index is 0.0565. The Morgan fingerprint density at radius 3 is 2.80 bits per heavy atom. The second kappa shape index (κ2) is 3.85. The molecule has 2 rings (SSSR count). The van der Waals surface area contributed by atoms with E-state index in [9.17, 15) is 9.18 Å². The lowest BCUT2D eigenvalue weighted by Crippen LogP contribution is -2.24. The van der Waals surface area contributed by atoms with E-state index in [1.807, 2.05) is 0 Å². The predicted molar refractivity (Wildman–Crippen MR) is 60.9 cm³/mol. The molecule has 2 nitrogen and oxygen atoms in total. The third-order valence-corrected chi connectivity index (χ3v) is 2.90. The number of hydrogen-bond donors (Lipinski definition) is 1. The second-order valence-corrected chi connectivity index (χ2v) is 4.53. The SMILES string of the molecule is Cc1cc(N2CC(S)CC2=O)ccc1F. The van der Waals surface area contributed by atoms with Crippen molar-refractivity contribution < 1.29 is 9.18 Å². The van der Waals surface area contributed by atoms with Crippen molar-refractivity contribution in [2.75, 3.05) is 11.4 Å². The molecular formula is C11H12FNOS. The number of benzene rings is 1. The number of hydrogen-bond acceptors (Lipinski definition) is 2. The van der Waals surface area contributed by atoms with Gasteiger partial charge in [-0.1, -0.05) is 0 Å². The molecule has 1 atom stereocenters. The third kappa shape index (κ3) is 2.00. The van der Waals surface area contributed by atoms with Gasteiger partial charge in [-0.3, -0.25) is 4.79 Å². The Bertz CT molecular complexity index is 408. The Balaban J connectivity index is 2.30. The number of rotatable bonds is 1. The summed E-state index contributed by atoms with van der Waals surface area (Å²) in [5.41, 5.74) is 1.32. The molecule has 1 fully saturated rings. The maximum Gasteiger partial charge on any atom is 0.228 e. The molecule has 1 aromatic carbocycles. The standard InChI is InChI=1S/C11H12FNOS/c1-7-4-8(2-3-10(7)12)13-6-9(15)5-11(13)14/h2-4,9,15H,5-6H2,1H3. The first kappa shape index (κ1) is 10.5. The molecule has 1 saturated heterocycles. The van der Waals surface area contributed by atoms with Crippen LogP contribution in [-0.4, -0.2) is 17.7 Å². The van der Waals surface area contributed by atoms with Crippen molar-refractivity contribution in [1.82, 2.24) is 0 Å². The van der Waals surface area contributed by atoms with Gasteiger partial charge in [-0.15, -0.1) is 0 Å². The van der Waals surface area contributed by atoms with E-state index in [4.69, 9.17) is 0 Å². The van der Waals surface area contributed by atoms with Crippen LogP contribution in [0.1, 0.15) is 12.0 Å². The Labute approximate surface area is 93.5 Å². The first-order valence-electron chi connectivity index (χ1n) is 4.82. The fraction of sp³-hybridized carbons (Fsp3) is 0.364. The highest BCUT2D eigenvalue weighted by atomic mass is 32.1. The maximum absolute atomic E-state index is 13.0.